The van der Waals surface area contributed by atoms with Gasteiger partial charge in [0.05, 0.1) is 5.41 Å². The molecule has 0 heterocycles. The minimum absolute atomic E-state index is 0. The molecule has 0 aliphatic rings. The summed E-state index contributed by atoms with van der Waals surface area (Å²) in [5.41, 5.74) is 1.60. The molecule has 3 nitrogen and oxygen atoms in total. The van der Waals surface area contributed by atoms with Gasteiger partial charge in [0.15, 0.2) is 0 Å². The van der Waals surface area contributed by atoms with Crippen molar-refractivity contribution in [3.8, 4) is 0 Å². The molecule has 0 rings (SSSR count). The molecule has 0 saturated carbocycles. The molecular formula is C10H17NaO3S. The number of hydrogen-bond donors (Lipinski definition) is 1. The van der Waals surface area contributed by atoms with Crippen molar-refractivity contribution in [3.05, 3.63) is 48.4 Å². The van der Waals surface area contributed by atoms with Crippen LogP contribution in [-0.2, 0) is 10.1 Å². The molecule has 0 unspecified atom stereocenters. The van der Waals surface area contributed by atoms with Crippen LogP contribution < -0.4 is 0 Å². The van der Waals surface area contributed by atoms with Crippen molar-refractivity contribution >= 4 is 39.7 Å². The maximum atomic E-state index is 9.96. The molecule has 0 fully saturated rings. The number of rotatable bonds is 3. The number of hydrogen-bond acceptors (Lipinski definition) is 2. The van der Waals surface area contributed by atoms with E-state index in [2.05, 4.69) is 19.7 Å². The molecule has 5 heteroatoms. The minimum atomic E-state index is -3.96. The summed E-state index contributed by atoms with van der Waals surface area (Å²) in [6.07, 6.45) is 2.94. The fourth-order valence-electron chi connectivity index (χ4n) is 0.202. The standard InChI is InChI=1S/C5H8O3S.C5H8.Na.H/c1-5(2)3-4-9(6,7)8;1-4-5(2)3;;/h3-4H,1H2,2H3,(H,6,7,8);4H,1-2H2,3H3;;. The Labute approximate surface area is 114 Å². The van der Waals surface area contributed by atoms with Crippen molar-refractivity contribution in [2.75, 3.05) is 0 Å². The van der Waals surface area contributed by atoms with Crippen LogP contribution in [0.3, 0.4) is 0 Å². The van der Waals surface area contributed by atoms with Crippen molar-refractivity contribution in [1.29, 1.82) is 0 Å². The van der Waals surface area contributed by atoms with Gasteiger partial charge in [0.1, 0.15) is 0 Å². The third-order valence-corrected chi connectivity index (χ3v) is 1.35. The fraction of sp³-hybridized carbons (Fsp3) is 0.200. The molecule has 0 aromatic heterocycles. The zero-order valence-electron chi connectivity index (χ0n) is 8.53. The van der Waals surface area contributed by atoms with Crippen LogP contribution in [-0.4, -0.2) is 42.5 Å². The summed E-state index contributed by atoms with van der Waals surface area (Å²) < 4.78 is 28.0. The Kier molecular flexibility index (Phi) is 14.1. The summed E-state index contributed by atoms with van der Waals surface area (Å²) in [6, 6.07) is 0. The fourth-order valence-corrected chi connectivity index (χ4v) is 0.606. The van der Waals surface area contributed by atoms with Crippen LogP contribution in [0.4, 0.5) is 0 Å². The van der Waals surface area contributed by atoms with Gasteiger partial charge in [-0.2, -0.15) is 8.42 Å². The zero-order chi connectivity index (χ0) is 11.8. The summed E-state index contributed by atoms with van der Waals surface area (Å²) in [4.78, 5) is 0. The van der Waals surface area contributed by atoms with Crippen molar-refractivity contribution in [1.82, 2.24) is 0 Å². The molecule has 15 heavy (non-hydrogen) atoms. The SMILES string of the molecule is C=C(C)C=CS(=O)(=O)O.C=CC(=C)C.[NaH]. The van der Waals surface area contributed by atoms with Crippen LogP contribution in [0.5, 0.6) is 0 Å². The van der Waals surface area contributed by atoms with E-state index in [1.807, 2.05) is 6.92 Å². The zero-order valence-corrected chi connectivity index (χ0v) is 9.34. The van der Waals surface area contributed by atoms with E-state index in [-0.39, 0.29) is 29.6 Å². The van der Waals surface area contributed by atoms with E-state index in [1.165, 1.54) is 6.08 Å². The van der Waals surface area contributed by atoms with Gasteiger partial charge in [-0.3, -0.25) is 4.55 Å². The van der Waals surface area contributed by atoms with E-state index in [4.69, 9.17) is 4.55 Å². The Bertz CT molecular complexity index is 340. The Balaban J connectivity index is -0.000000208. The van der Waals surface area contributed by atoms with Crippen LogP contribution in [0, 0.1) is 0 Å². The summed E-state index contributed by atoms with van der Waals surface area (Å²) in [5, 5.41) is 0.690. The van der Waals surface area contributed by atoms with Crippen LogP contribution in [0.15, 0.2) is 48.4 Å². The van der Waals surface area contributed by atoms with Crippen molar-refractivity contribution in [3.63, 3.8) is 0 Å². The molecule has 0 atom stereocenters. The van der Waals surface area contributed by atoms with E-state index in [0.29, 0.717) is 11.0 Å². The third-order valence-electron chi connectivity index (χ3n) is 0.873. The summed E-state index contributed by atoms with van der Waals surface area (Å²) in [6.45, 7) is 13.9. The predicted octanol–water partition coefficient (Wildman–Crippen LogP) is 2.06. The first-order chi connectivity index (χ1) is 6.19. The second-order valence-corrected chi connectivity index (χ2v) is 4.02. The van der Waals surface area contributed by atoms with E-state index < -0.39 is 10.1 Å². The average molecular weight is 240 g/mol. The van der Waals surface area contributed by atoms with Gasteiger partial charge in [-0.05, 0) is 19.9 Å². The molecule has 0 aromatic rings. The van der Waals surface area contributed by atoms with Gasteiger partial charge in [0, 0.05) is 0 Å². The molecule has 0 bridgehead atoms. The van der Waals surface area contributed by atoms with Gasteiger partial charge in [0.25, 0.3) is 10.1 Å². The topological polar surface area (TPSA) is 54.4 Å². The monoisotopic (exact) mass is 240 g/mol. The van der Waals surface area contributed by atoms with E-state index in [1.54, 1.807) is 13.0 Å². The molecule has 0 aliphatic heterocycles. The number of allylic oxidation sites excluding steroid dienone is 4. The normalized spacial score (nSPS) is 9.53. The molecule has 0 aliphatic carbocycles. The van der Waals surface area contributed by atoms with Crippen molar-refractivity contribution in [2.45, 2.75) is 13.8 Å². The quantitative estimate of drug-likeness (QED) is 0.467. The van der Waals surface area contributed by atoms with Crippen molar-refractivity contribution < 1.29 is 13.0 Å². The molecule has 0 aromatic carbocycles. The van der Waals surface area contributed by atoms with Gasteiger partial charge in [-0.1, -0.05) is 37.0 Å². The van der Waals surface area contributed by atoms with Crippen LogP contribution in [0.1, 0.15) is 13.8 Å². The van der Waals surface area contributed by atoms with Gasteiger partial charge in [-0.15, -0.1) is 0 Å². The van der Waals surface area contributed by atoms with Gasteiger partial charge >= 0.3 is 29.6 Å². The van der Waals surface area contributed by atoms with Gasteiger partial charge in [-0.25, -0.2) is 0 Å². The second-order valence-electron chi connectivity index (χ2n) is 2.71. The predicted molar refractivity (Wildman–Crippen MR) is 67.7 cm³/mol. The van der Waals surface area contributed by atoms with Crippen molar-refractivity contribution in [2.24, 2.45) is 0 Å². The first kappa shape index (κ1) is 20.3. The summed E-state index contributed by atoms with van der Waals surface area (Å²) in [5.74, 6) is 0. The van der Waals surface area contributed by atoms with E-state index in [0.717, 1.165) is 5.57 Å². The molecule has 0 spiro atoms. The first-order valence-electron chi connectivity index (χ1n) is 3.78. The Morgan fingerprint density at radius 1 is 1.20 bits per heavy atom. The van der Waals surface area contributed by atoms with Gasteiger partial charge < -0.3 is 0 Å². The van der Waals surface area contributed by atoms with Gasteiger partial charge in [0.2, 0.25) is 0 Å². The first-order valence-corrected chi connectivity index (χ1v) is 5.28. The Morgan fingerprint density at radius 2 is 1.53 bits per heavy atom. The van der Waals surface area contributed by atoms with Crippen LogP contribution >= 0.6 is 0 Å². The van der Waals surface area contributed by atoms with Crippen LogP contribution in [0.25, 0.3) is 0 Å². The summed E-state index contributed by atoms with van der Waals surface area (Å²) >= 11 is 0. The third kappa shape index (κ3) is 31.6. The molecule has 0 amide bonds. The second kappa shape index (κ2) is 10.4. The molecule has 1 N–H and O–H groups in total. The molecular weight excluding hydrogens is 223 g/mol. The maximum absolute atomic E-state index is 9.96. The Morgan fingerprint density at radius 3 is 1.60 bits per heavy atom. The van der Waals surface area contributed by atoms with Crippen LogP contribution in [0.2, 0.25) is 0 Å². The van der Waals surface area contributed by atoms with E-state index >= 15 is 0 Å². The van der Waals surface area contributed by atoms with E-state index in [9.17, 15) is 8.42 Å². The Hall–Kier alpha value is -0.130. The summed E-state index contributed by atoms with van der Waals surface area (Å²) in [7, 11) is -3.96. The average Bonchev–Trinajstić information content (AvgIpc) is 2.01. The molecule has 0 radical (unpaired) electrons. The molecule has 0 saturated heterocycles. The molecule has 82 valence electrons.